The van der Waals surface area contributed by atoms with Crippen LogP contribution in [0.1, 0.15) is 57.9 Å². The number of hydrogen-bond acceptors (Lipinski definition) is 5. The van der Waals surface area contributed by atoms with Crippen molar-refractivity contribution in [3.05, 3.63) is 29.6 Å². The quantitative estimate of drug-likeness (QED) is 0.295. The molecule has 1 aromatic rings. The van der Waals surface area contributed by atoms with Gasteiger partial charge >= 0.3 is 6.03 Å². The van der Waals surface area contributed by atoms with Crippen molar-refractivity contribution in [1.29, 1.82) is 5.26 Å². The van der Waals surface area contributed by atoms with E-state index in [2.05, 4.69) is 11.1 Å². The van der Waals surface area contributed by atoms with E-state index in [0.29, 0.717) is 55.7 Å². The third kappa shape index (κ3) is 7.89. The Morgan fingerprint density at radius 1 is 1.24 bits per heavy atom. The summed E-state index contributed by atoms with van der Waals surface area (Å²) >= 11 is 0. The number of carbonyl (C=O) groups is 2. The highest BCUT2D eigenvalue weighted by atomic mass is 19.1. The standard InChI is InChI=1S/C27H39FN6O3/c1-18(2)25(31)32-27(36)33-12-9-19(10-13-33)5-4-14-37-22-8-7-20(23(28)16-22)15-24(30)26(35)34-11-3-6-21(34)17-29/h7-8,16,18-19,21,24H,3-6,9-15,30H2,1-2H3,(H2,31,32,36)/t21-,24-/m0/s1. The number of likely N-dealkylation sites (tertiary alicyclic amines) is 2. The average molecular weight is 515 g/mol. The lowest BCUT2D eigenvalue weighted by molar-refractivity contribution is -0.132. The van der Waals surface area contributed by atoms with E-state index in [1.807, 2.05) is 13.8 Å². The summed E-state index contributed by atoms with van der Waals surface area (Å²) in [6, 6.07) is 5.15. The zero-order valence-electron chi connectivity index (χ0n) is 21.9. The van der Waals surface area contributed by atoms with Crippen molar-refractivity contribution in [2.45, 2.75) is 70.9 Å². The molecule has 2 atom stereocenters. The van der Waals surface area contributed by atoms with Gasteiger partial charge in [-0.15, -0.1) is 0 Å². The molecule has 202 valence electrons. The first-order chi connectivity index (χ1) is 17.7. The number of amidine groups is 1. The number of nitrogens with zero attached hydrogens (tertiary/aromatic N) is 4. The van der Waals surface area contributed by atoms with Crippen LogP contribution in [-0.2, 0) is 11.2 Å². The van der Waals surface area contributed by atoms with Crippen molar-refractivity contribution in [3.8, 4) is 11.8 Å². The van der Waals surface area contributed by atoms with Crippen LogP contribution >= 0.6 is 0 Å². The van der Waals surface area contributed by atoms with Gasteiger partial charge in [-0.2, -0.15) is 10.3 Å². The van der Waals surface area contributed by atoms with Crippen LogP contribution in [0, 0.1) is 29.0 Å². The lowest BCUT2D eigenvalue weighted by atomic mass is 9.92. The van der Waals surface area contributed by atoms with Gasteiger partial charge in [0.25, 0.3) is 0 Å². The van der Waals surface area contributed by atoms with Gasteiger partial charge in [0.15, 0.2) is 0 Å². The maximum atomic E-state index is 14.7. The van der Waals surface area contributed by atoms with E-state index in [1.165, 1.54) is 11.0 Å². The lowest BCUT2D eigenvalue weighted by Gasteiger charge is -2.30. The molecule has 0 bridgehead atoms. The van der Waals surface area contributed by atoms with Crippen LogP contribution < -0.4 is 16.2 Å². The highest BCUT2D eigenvalue weighted by Crippen LogP contribution is 2.24. The number of nitriles is 1. The third-order valence-electron chi connectivity index (χ3n) is 7.19. The first-order valence-electron chi connectivity index (χ1n) is 13.2. The molecule has 10 heteroatoms. The second kappa shape index (κ2) is 13.4. The molecular weight excluding hydrogens is 475 g/mol. The van der Waals surface area contributed by atoms with Crippen molar-refractivity contribution in [2.24, 2.45) is 28.3 Å². The molecule has 1 aromatic carbocycles. The Morgan fingerprint density at radius 3 is 2.62 bits per heavy atom. The number of rotatable bonds is 9. The number of piperidine rings is 1. The first kappa shape index (κ1) is 28.4. The van der Waals surface area contributed by atoms with Crippen LogP contribution in [0.25, 0.3) is 0 Å². The molecule has 0 spiro atoms. The molecule has 0 aromatic heterocycles. The minimum atomic E-state index is -0.892. The van der Waals surface area contributed by atoms with Gasteiger partial charge in [0.05, 0.1) is 18.7 Å². The van der Waals surface area contributed by atoms with Gasteiger partial charge in [-0.25, -0.2) is 9.18 Å². The number of halogens is 1. The fourth-order valence-electron chi connectivity index (χ4n) is 4.77. The van der Waals surface area contributed by atoms with E-state index in [4.69, 9.17) is 16.2 Å². The van der Waals surface area contributed by atoms with Crippen LogP contribution in [0.2, 0.25) is 0 Å². The monoisotopic (exact) mass is 514 g/mol. The summed E-state index contributed by atoms with van der Waals surface area (Å²) in [7, 11) is 0. The average Bonchev–Trinajstić information content (AvgIpc) is 3.36. The number of hydrogen-bond donors (Lipinski definition) is 2. The molecular formula is C27H39FN6O3. The molecule has 37 heavy (non-hydrogen) atoms. The molecule has 2 heterocycles. The highest BCUT2D eigenvalue weighted by molar-refractivity contribution is 5.93. The normalized spacial score (nSPS) is 19.7. The third-order valence-corrected chi connectivity index (χ3v) is 7.19. The molecule has 2 fully saturated rings. The van der Waals surface area contributed by atoms with Gasteiger partial charge in [0.1, 0.15) is 23.4 Å². The van der Waals surface area contributed by atoms with Crippen LogP contribution in [-0.4, -0.2) is 65.9 Å². The van der Waals surface area contributed by atoms with E-state index in [-0.39, 0.29) is 24.3 Å². The van der Waals surface area contributed by atoms with Crippen molar-refractivity contribution in [1.82, 2.24) is 9.80 Å². The molecule has 2 saturated heterocycles. The summed E-state index contributed by atoms with van der Waals surface area (Å²) in [6.45, 7) is 6.14. The van der Waals surface area contributed by atoms with Crippen LogP contribution in [0.15, 0.2) is 23.2 Å². The summed E-state index contributed by atoms with van der Waals surface area (Å²) in [4.78, 5) is 32.1. The van der Waals surface area contributed by atoms with Crippen LogP contribution in [0.4, 0.5) is 9.18 Å². The topological polar surface area (TPSA) is 138 Å². The van der Waals surface area contributed by atoms with E-state index in [0.717, 1.165) is 32.1 Å². The summed E-state index contributed by atoms with van der Waals surface area (Å²) in [6.07, 6.45) is 5.12. The second-order valence-corrected chi connectivity index (χ2v) is 10.3. The minimum absolute atomic E-state index is 0.0472. The molecule has 9 nitrogen and oxygen atoms in total. The molecule has 2 aliphatic rings. The summed E-state index contributed by atoms with van der Waals surface area (Å²) in [5, 5.41) is 9.18. The zero-order chi connectivity index (χ0) is 26.9. The highest BCUT2D eigenvalue weighted by Gasteiger charge is 2.32. The maximum absolute atomic E-state index is 14.7. The Labute approximate surface area is 218 Å². The Bertz CT molecular complexity index is 1020. The van der Waals surface area contributed by atoms with E-state index in [1.54, 1.807) is 17.0 Å². The van der Waals surface area contributed by atoms with E-state index < -0.39 is 17.9 Å². The predicted molar refractivity (Wildman–Crippen MR) is 139 cm³/mol. The van der Waals surface area contributed by atoms with Gasteiger partial charge in [-0.1, -0.05) is 19.9 Å². The molecule has 0 aliphatic carbocycles. The second-order valence-electron chi connectivity index (χ2n) is 10.3. The van der Waals surface area contributed by atoms with Crippen LogP contribution in [0.5, 0.6) is 5.75 Å². The number of amides is 3. The summed E-state index contributed by atoms with van der Waals surface area (Å²) in [5.41, 5.74) is 12.2. The van der Waals surface area contributed by atoms with Gasteiger partial charge in [0.2, 0.25) is 5.91 Å². The molecule has 3 rings (SSSR count). The fraction of sp³-hybridized carbons (Fsp3) is 0.630. The van der Waals surface area contributed by atoms with E-state index in [9.17, 15) is 19.2 Å². The molecule has 0 unspecified atom stereocenters. The molecule has 2 aliphatic heterocycles. The zero-order valence-corrected chi connectivity index (χ0v) is 21.9. The van der Waals surface area contributed by atoms with Gasteiger partial charge in [0, 0.05) is 31.6 Å². The van der Waals surface area contributed by atoms with Crippen molar-refractivity contribution < 1.29 is 18.7 Å². The first-order valence-corrected chi connectivity index (χ1v) is 13.2. The van der Waals surface area contributed by atoms with Crippen molar-refractivity contribution in [3.63, 3.8) is 0 Å². The largest absolute Gasteiger partial charge is 0.493 e. The fourth-order valence-corrected chi connectivity index (χ4v) is 4.77. The maximum Gasteiger partial charge on any atom is 0.345 e. The Morgan fingerprint density at radius 2 is 1.97 bits per heavy atom. The van der Waals surface area contributed by atoms with Crippen molar-refractivity contribution >= 4 is 17.8 Å². The van der Waals surface area contributed by atoms with Gasteiger partial charge in [-0.05, 0) is 62.5 Å². The number of benzene rings is 1. The number of aliphatic imine (C=N–C) groups is 1. The molecule has 3 amide bonds. The Balaban J connectivity index is 1.38. The Hall–Kier alpha value is -3.19. The smallest absolute Gasteiger partial charge is 0.345 e. The molecule has 0 radical (unpaired) electrons. The van der Waals surface area contributed by atoms with E-state index >= 15 is 0 Å². The minimum Gasteiger partial charge on any atom is -0.493 e. The van der Waals surface area contributed by atoms with Gasteiger partial charge < -0.3 is 26.0 Å². The van der Waals surface area contributed by atoms with Crippen LogP contribution in [0.3, 0.4) is 0 Å². The van der Waals surface area contributed by atoms with Crippen molar-refractivity contribution in [2.75, 3.05) is 26.2 Å². The number of ether oxygens (including phenoxy) is 1. The SMILES string of the molecule is CC(C)C(N)=NC(=O)N1CCC(CCCOc2ccc(C[C@H](N)C(=O)N3CCC[C@H]3C#N)c(F)c2)CC1. The Kier molecular flexibility index (Phi) is 10.3. The summed E-state index contributed by atoms with van der Waals surface area (Å²) in [5.74, 6) is 0.579. The number of urea groups is 1. The summed E-state index contributed by atoms with van der Waals surface area (Å²) < 4.78 is 20.4. The predicted octanol–water partition coefficient (Wildman–Crippen LogP) is 3.21. The lowest BCUT2D eigenvalue weighted by Crippen LogP contribution is -2.46. The molecule has 4 N–H and O–H groups in total. The number of carbonyl (C=O) groups excluding carboxylic acids is 2. The molecule has 0 saturated carbocycles. The van der Waals surface area contributed by atoms with Gasteiger partial charge in [-0.3, -0.25) is 4.79 Å². The number of nitrogens with two attached hydrogens (primary N) is 2.